The van der Waals surface area contributed by atoms with Gasteiger partial charge in [-0.2, -0.15) is 5.26 Å². The van der Waals surface area contributed by atoms with Gasteiger partial charge in [0.15, 0.2) is 5.16 Å². The maximum absolute atomic E-state index is 13.5. The minimum Gasteiger partial charge on any atom is -0.261 e. The first-order valence-electron chi connectivity index (χ1n) is 7.68. The summed E-state index contributed by atoms with van der Waals surface area (Å²) in [4.78, 5) is 12.9. The van der Waals surface area contributed by atoms with Crippen LogP contribution in [0, 0.1) is 28.4 Å². The number of nitriles is 1. The smallest absolute Gasteiger partial charge is 0.261 e. The molecule has 2 bridgehead atoms. The lowest BCUT2D eigenvalue weighted by Crippen LogP contribution is -2.69. The van der Waals surface area contributed by atoms with E-state index in [1.165, 1.54) is 33.1 Å². The predicted octanol–water partition coefficient (Wildman–Crippen LogP) is 2.42. The van der Waals surface area contributed by atoms with Crippen molar-refractivity contribution >= 4 is 11.8 Å². The zero-order valence-corrected chi connectivity index (χ0v) is 13.3. The lowest BCUT2D eigenvalue weighted by atomic mass is 9.40. The zero-order valence-electron chi connectivity index (χ0n) is 12.5. The molecule has 0 radical (unpaired) electrons. The van der Waals surface area contributed by atoms with Crippen molar-refractivity contribution in [1.82, 2.24) is 14.3 Å². The van der Waals surface area contributed by atoms with Crippen LogP contribution in [0.5, 0.6) is 0 Å². The number of fused-ring (bicyclic) bond motifs is 1. The second-order valence-corrected chi connectivity index (χ2v) is 8.01. The van der Waals surface area contributed by atoms with Gasteiger partial charge < -0.3 is 0 Å². The Labute approximate surface area is 139 Å². The quantitative estimate of drug-likeness (QED) is 0.838. The molecule has 5 nitrogen and oxygen atoms in total. The molecule has 1 atom stereocenters. The van der Waals surface area contributed by atoms with Gasteiger partial charge in [0.05, 0.1) is 23.1 Å². The van der Waals surface area contributed by atoms with Gasteiger partial charge in [0.2, 0.25) is 0 Å². The van der Waals surface area contributed by atoms with Gasteiger partial charge in [0, 0.05) is 11.8 Å². The largest absolute Gasteiger partial charge is 0.347 e. The van der Waals surface area contributed by atoms with E-state index in [1.807, 2.05) is 0 Å². The summed E-state index contributed by atoms with van der Waals surface area (Å²) < 4.78 is 30.1. The lowest BCUT2D eigenvalue weighted by Gasteiger charge is -2.65. The van der Waals surface area contributed by atoms with Crippen molar-refractivity contribution in [1.29, 1.82) is 5.26 Å². The molecule has 0 N–H and O–H groups in total. The Morgan fingerprint density at radius 2 is 1.92 bits per heavy atom. The topological polar surface area (TPSA) is 63.6 Å². The fourth-order valence-electron chi connectivity index (χ4n) is 4.35. The molecule has 3 saturated carbocycles. The molecule has 2 heterocycles. The van der Waals surface area contributed by atoms with Crippen LogP contribution in [0.3, 0.4) is 0 Å². The molecule has 0 amide bonds. The minimum absolute atomic E-state index is 0.254. The molecule has 1 unspecified atom stereocenters. The van der Waals surface area contributed by atoms with Gasteiger partial charge in [-0.3, -0.25) is 4.57 Å². The van der Waals surface area contributed by atoms with Crippen LogP contribution in [0.15, 0.2) is 28.2 Å². The van der Waals surface area contributed by atoms with Crippen LogP contribution < -0.4 is 5.69 Å². The molecule has 0 spiro atoms. The monoisotopic (exact) mass is 346 g/mol. The average molecular weight is 346 g/mol. The number of hydrogen-bond donors (Lipinski definition) is 0. The third-order valence-corrected chi connectivity index (χ3v) is 6.44. The minimum atomic E-state index is -0.653. The maximum Gasteiger partial charge on any atom is 0.347 e. The van der Waals surface area contributed by atoms with Crippen LogP contribution >= 0.6 is 11.8 Å². The first-order chi connectivity index (χ1) is 11.5. The van der Waals surface area contributed by atoms with E-state index in [0.717, 1.165) is 6.07 Å². The second-order valence-electron chi connectivity index (χ2n) is 7.02. The van der Waals surface area contributed by atoms with Crippen molar-refractivity contribution in [3.05, 3.63) is 45.9 Å². The Morgan fingerprint density at radius 1 is 1.25 bits per heavy atom. The Balaban J connectivity index is 1.56. The van der Waals surface area contributed by atoms with E-state index in [1.54, 1.807) is 0 Å². The van der Waals surface area contributed by atoms with Crippen molar-refractivity contribution in [3.8, 4) is 6.07 Å². The van der Waals surface area contributed by atoms with E-state index >= 15 is 0 Å². The highest BCUT2D eigenvalue weighted by molar-refractivity contribution is 7.99. The second kappa shape index (κ2) is 4.28. The SMILES string of the molecule is N#CC12CC(n3nc4n(c3=O)C(c3cc(F)cc(F)c3)CS4)(C1)C2. The number of aromatic nitrogens is 3. The first-order valence-corrected chi connectivity index (χ1v) is 8.66. The summed E-state index contributed by atoms with van der Waals surface area (Å²) in [6, 6.07) is 5.24. The van der Waals surface area contributed by atoms with Gasteiger partial charge in [-0.15, -0.1) is 5.10 Å². The molecule has 8 heteroatoms. The predicted molar refractivity (Wildman–Crippen MR) is 81.6 cm³/mol. The molecule has 6 rings (SSSR count). The van der Waals surface area contributed by atoms with Crippen LogP contribution in [-0.4, -0.2) is 20.1 Å². The molecule has 2 aromatic rings. The number of rotatable bonds is 2. The van der Waals surface area contributed by atoms with E-state index in [0.29, 0.717) is 35.7 Å². The zero-order chi connectivity index (χ0) is 16.7. The fourth-order valence-corrected chi connectivity index (χ4v) is 5.49. The van der Waals surface area contributed by atoms with Crippen LogP contribution in [0.2, 0.25) is 0 Å². The summed E-state index contributed by atoms with van der Waals surface area (Å²) in [6.07, 6.45) is 1.99. The van der Waals surface area contributed by atoms with Gasteiger partial charge in [0.25, 0.3) is 0 Å². The average Bonchev–Trinajstić information content (AvgIpc) is 2.97. The van der Waals surface area contributed by atoms with E-state index in [4.69, 9.17) is 5.26 Å². The van der Waals surface area contributed by atoms with Crippen LogP contribution in [0.25, 0.3) is 0 Å². The van der Waals surface area contributed by atoms with Crippen molar-refractivity contribution in [3.63, 3.8) is 0 Å². The van der Waals surface area contributed by atoms with Crippen molar-refractivity contribution < 1.29 is 8.78 Å². The van der Waals surface area contributed by atoms with E-state index in [-0.39, 0.29) is 16.6 Å². The molecule has 3 aliphatic carbocycles. The Kier molecular flexibility index (Phi) is 2.53. The summed E-state index contributed by atoms with van der Waals surface area (Å²) in [5.74, 6) is -0.783. The standard InChI is InChI=1S/C16H12F2N4OS/c17-10-1-9(2-11(18)3-10)12-4-24-13-20-22(14(23)21(12)13)16-5-15(6-16,7-16)8-19/h1-3,12H,4-7H2. The molecule has 122 valence electrons. The van der Waals surface area contributed by atoms with Gasteiger partial charge >= 0.3 is 5.69 Å². The lowest BCUT2D eigenvalue weighted by molar-refractivity contribution is -0.155. The van der Waals surface area contributed by atoms with Crippen molar-refractivity contribution in [2.75, 3.05) is 5.75 Å². The molecule has 1 aliphatic heterocycles. The number of hydrogen-bond acceptors (Lipinski definition) is 4. The van der Waals surface area contributed by atoms with Crippen molar-refractivity contribution in [2.24, 2.45) is 5.41 Å². The fraction of sp³-hybridized carbons (Fsp3) is 0.438. The molecule has 24 heavy (non-hydrogen) atoms. The third kappa shape index (κ3) is 1.63. The molecular formula is C16H12F2N4OS. The summed E-state index contributed by atoms with van der Waals surface area (Å²) >= 11 is 1.41. The molecule has 4 aliphatic rings. The Hall–Kier alpha value is -2.14. The number of halogens is 2. The van der Waals surface area contributed by atoms with E-state index in [2.05, 4.69) is 11.2 Å². The molecule has 1 aromatic carbocycles. The molecular weight excluding hydrogens is 334 g/mol. The summed E-state index contributed by atoms with van der Waals surface area (Å²) in [7, 11) is 0. The van der Waals surface area contributed by atoms with E-state index in [9.17, 15) is 13.6 Å². The van der Waals surface area contributed by atoms with Gasteiger partial charge in [0.1, 0.15) is 11.6 Å². The Bertz CT molecular complexity index is 949. The van der Waals surface area contributed by atoms with Crippen molar-refractivity contribution in [2.45, 2.75) is 36.0 Å². The highest BCUT2D eigenvalue weighted by atomic mass is 32.2. The Morgan fingerprint density at radius 3 is 2.54 bits per heavy atom. The molecule has 0 saturated heterocycles. The maximum atomic E-state index is 13.5. The third-order valence-electron chi connectivity index (χ3n) is 5.42. The van der Waals surface area contributed by atoms with Gasteiger partial charge in [-0.1, -0.05) is 11.8 Å². The van der Waals surface area contributed by atoms with Crippen LogP contribution in [0.4, 0.5) is 8.78 Å². The highest BCUT2D eigenvalue weighted by Gasteiger charge is 2.71. The molecule has 1 aromatic heterocycles. The molecule has 3 fully saturated rings. The van der Waals surface area contributed by atoms with E-state index < -0.39 is 17.7 Å². The van der Waals surface area contributed by atoms with Gasteiger partial charge in [-0.05, 0) is 37.0 Å². The van der Waals surface area contributed by atoms with Crippen LogP contribution in [0.1, 0.15) is 30.9 Å². The van der Waals surface area contributed by atoms with Gasteiger partial charge in [-0.25, -0.2) is 18.3 Å². The number of benzene rings is 1. The normalized spacial score (nSPS) is 32.6. The van der Waals surface area contributed by atoms with Crippen LogP contribution in [-0.2, 0) is 5.54 Å². The highest BCUT2D eigenvalue weighted by Crippen LogP contribution is 2.70. The first kappa shape index (κ1) is 14.2. The summed E-state index contributed by atoms with van der Waals surface area (Å²) in [6.45, 7) is 0. The summed E-state index contributed by atoms with van der Waals surface area (Å²) in [5.41, 5.74) is -0.420. The number of thioether (sulfide) groups is 1. The summed E-state index contributed by atoms with van der Waals surface area (Å²) in [5, 5.41) is 14.2. The number of nitrogens with zero attached hydrogens (tertiary/aromatic N) is 4.